The van der Waals surface area contributed by atoms with Gasteiger partial charge in [0.15, 0.2) is 11.6 Å². The molecule has 1 aromatic carbocycles. The van der Waals surface area contributed by atoms with Crippen molar-refractivity contribution in [3.05, 3.63) is 35.4 Å². The van der Waals surface area contributed by atoms with E-state index in [0.29, 0.717) is 17.9 Å². The molecule has 1 atom stereocenters. The fourth-order valence-corrected chi connectivity index (χ4v) is 2.69. The monoisotopic (exact) mass is 332 g/mol. The minimum atomic E-state index is -0.876. The van der Waals surface area contributed by atoms with Gasteiger partial charge in [-0.05, 0) is 56.5 Å². The van der Waals surface area contributed by atoms with E-state index in [1.54, 1.807) is 11.9 Å². The van der Waals surface area contributed by atoms with Gasteiger partial charge in [0.2, 0.25) is 5.91 Å². The van der Waals surface area contributed by atoms with Gasteiger partial charge in [-0.3, -0.25) is 4.79 Å². The number of nitrogens with one attached hydrogen (secondary N) is 1. The first-order valence-corrected chi connectivity index (χ1v) is 7.40. The van der Waals surface area contributed by atoms with Gasteiger partial charge in [-0.15, -0.1) is 12.4 Å². The first kappa shape index (κ1) is 18.8. The zero-order valence-electron chi connectivity index (χ0n) is 12.9. The summed E-state index contributed by atoms with van der Waals surface area (Å²) in [6, 6.07) is 3.52. The van der Waals surface area contributed by atoms with E-state index in [0.717, 1.165) is 38.1 Å². The number of halogens is 3. The van der Waals surface area contributed by atoms with Gasteiger partial charge < -0.3 is 10.2 Å². The Balaban J connectivity index is 0.00000242. The number of carbonyl (C=O) groups is 1. The van der Waals surface area contributed by atoms with E-state index >= 15 is 0 Å². The number of hydrogen-bond donors (Lipinski definition) is 1. The quantitative estimate of drug-likeness (QED) is 0.917. The van der Waals surface area contributed by atoms with Gasteiger partial charge in [0.05, 0.1) is 6.04 Å². The van der Waals surface area contributed by atoms with Crippen LogP contribution in [0.4, 0.5) is 8.78 Å². The highest BCUT2D eigenvalue weighted by atomic mass is 35.5. The van der Waals surface area contributed by atoms with E-state index < -0.39 is 11.6 Å². The van der Waals surface area contributed by atoms with Gasteiger partial charge in [-0.25, -0.2) is 8.78 Å². The van der Waals surface area contributed by atoms with Crippen LogP contribution in [0.15, 0.2) is 18.2 Å². The zero-order valence-corrected chi connectivity index (χ0v) is 13.8. The maximum atomic E-state index is 13.3. The Morgan fingerprint density at radius 2 is 1.95 bits per heavy atom. The molecule has 1 heterocycles. The summed E-state index contributed by atoms with van der Waals surface area (Å²) in [6.07, 6.45) is 2.55. The van der Waals surface area contributed by atoms with E-state index in [4.69, 9.17) is 0 Å². The second-order valence-electron chi connectivity index (χ2n) is 5.75. The average Bonchev–Trinajstić information content (AvgIpc) is 2.49. The van der Waals surface area contributed by atoms with Crippen LogP contribution in [0.25, 0.3) is 0 Å². The molecule has 22 heavy (non-hydrogen) atoms. The van der Waals surface area contributed by atoms with Gasteiger partial charge in [-0.1, -0.05) is 6.07 Å². The lowest BCUT2D eigenvalue weighted by Crippen LogP contribution is -2.34. The van der Waals surface area contributed by atoms with Crippen molar-refractivity contribution < 1.29 is 13.6 Å². The molecule has 0 aromatic heterocycles. The van der Waals surface area contributed by atoms with Crippen LogP contribution in [-0.2, 0) is 4.79 Å². The summed E-state index contributed by atoms with van der Waals surface area (Å²) >= 11 is 0. The van der Waals surface area contributed by atoms with Crippen LogP contribution in [0.5, 0.6) is 0 Å². The zero-order chi connectivity index (χ0) is 15.4. The summed E-state index contributed by atoms with van der Waals surface area (Å²) in [5.41, 5.74) is 0.607. The van der Waals surface area contributed by atoms with Crippen LogP contribution in [0, 0.1) is 17.6 Å². The molecule has 0 bridgehead atoms. The minimum Gasteiger partial charge on any atom is -0.339 e. The van der Waals surface area contributed by atoms with Crippen molar-refractivity contribution in [2.24, 2.45) is 5.92 Å². The van der Waals surface area contributed by atoms with Crippen molar-refractivity contribution in [3.8, 4) is 0 Å². The number of carbonyl (C=O) groups excluding carboxylic acids is 1. The molecule has 6 heteroatoms. The molecule has 1 saturated heterocycles. The van der Waals surface area contributed by atoms with E-state index in [2.05, 4.69) is 5.32 Å². The minimum absolute atomic E-state index is 0. The van der Waals surface area contributed by atoms with Crippen molar-refractivity contribution in [2.45, 2.75) is 32.2 Å². The summed E-state index contributed by atoms with van der Waals surface area (Å²) in [7, 11) is 1.72. The third-order valence-corrected chi connectivity index (χ3v) is 4.32. The molecule has 1 fully saturated rings. The lowest BCUT2D eigenvalue weighted by Gasteiger charge is -2.29. The molecule has 0 saturated carbocycles. The predicted octanol–water partition coefficient (Wildman–Crippen LogP) is 3.30. The predicted molar refractivity (Wildman–Crippen MR) is 85.0 cm³/mol. The summed E-state index contributed by atoms with van der Waals surface area (Å²) in [5.74, 6) is -1.27. The van der Waals surface area contributed by atoms with Gasteiger partial charge in [-0.2, -0.15) is 0 Å². The van der Waals surface area contributed by atoms with E-state index in [9.17, 15) is 13.6 Å². The van der Waals surface area contributed by atoms with Crippen molar-refractivity contribution in [1.82, 2.24) is 10.2 Å². The molecule has 1 amide bonds. The Hall–Kier alpha value is -1.20. The molecule has 1 aromatic rings. The third-order valence-electron chi connectivity index (χ3n) is 4.32. The number of benzene rings is 1. The van der Waals surface area contributed by atoms with Crippen molar-refractivity contribution in [2.75, 3.05) is 20.1 Å². The maximum Gasteiger partial charge on any atom is 0.223 e. The summed E-state index contributed by atoms with van der Waals surface area (Å²) in [4.78, 5) is 13.9. The van der Waals surface area contributed by atoms with E-state index in [-0.39, 0.29) is 24.4 Å². The first-order chi connectivity index (χ1) is 9.99. The standard InChI is InChI=1S/C16H22F2N2O.ClH/c1-11(13-3-4-14(17)15(18)10-13)20(2)16(21)9-12-5-7-19-8-6-12;/h3-4,10-12,19H,5-9H2,1-2H3;1H. The fourth-order valence-electron chi connectivity index (χ4n) is 2.69. The molecular weight excluding hydrogens is 310 g/mol. The van der Waals surface area contributed by atoms with Crippen LogP contribution in [-0.4, -0.2) is 30.9 Å². The smallest absolute Gasteiger partial charge is 0.223 e. The summed E-state index contributed by atoms with van der Waals surface area (Å²) in [5, 5.41) is 3.28. The van der Waals surface area contributed by atoms with Crippen molar-refractivity contribution in [1.29, 1.82) is 0 Å². The van der Waals surface area contributed by atoms with Crippen LogP contribution in [0.1, 0.15) is 37.8 Å². The molecule has 1 aliphatic heterocycles. The van der Waals surface area contributed by atoms with Crippen LogP contribution in [0.2, 0.25) is 0 Å². The third kappa shape index (κ3) is 4.65. The van der Waals surface area contributed by atoms with Crippen LogP contribution in [0.3, 0.4) is 0 Å². The molecule has 1 N–H and O–H groups in total. The molecule has 3 nitrogen and oxygen atoms in total. The average molecular weight is 333 g/mol. The van der Waals surface area contributed by atoms with Crippen LogP contribution < -0.4 is 5.32 Å². The number of rotatable bonds is 4. The molecule has 0 aliphatic carbocycles. The Kier molecular flexibility index (Phi) is 7.23. The second kappa shape index (κ2) is 8.44. The molecule has 0 spiro atoms. The maximum absolute atomic E-state index is 13.3. The SMILES string of the molecule is CC(c1ccc(F)c(F)c1)N(C)C(=O)CC1CCNCC1.Cl. The van der Waals surface area contributed by atoms with Gasteiger partial charge in [0, 0.05) is 13.5 Å². The Labute approximate surface area is 136 Å². The Morgan fingerprint density at radius 3 is 2.55 bits per heavy atom. The lowest BCUT2D eigenvalue weighted by atomic mass is 9.93. The van der Waals surface area contributed by atoms with Crippen molar-refractivity contribution >= 4 is 18.3 Å². The molecule has 1 unspecified atom stereocenters. The second-order valence-corrected chi connectivity index (χ2v) is 5.75. The highest BCUT2D eigenvalue weighted by Gasteiger charge is 2.23. The van der Waals surface area contributed by atoms with E-state index in [1.165, 1.54) is 6.07 Å². The highest BCUT2D eigenvalue weighted by Crippen LogP contribution is 2.24. The van der Waals surface area contributed by atoms with Crippen molar-refractivity contribution in [3.63, 3.8) is 0 Å². The lowest BCUT2D eigenvalue weighted by molar-refractivity contribution is -0.133. The van der Waals surface area contributed by atoms with Gasteiger partial charge in [0.1, 0.15) is 0 Å². The summed E-state index contributed by atoms with van der Waals surface area (Å²) < 4.78 is 26.3. The Bertz CT molecular complexity index is 507. The normalized spacial score (nSPS) is 16.7. The number of amides is 1. The topological polar surface area (TPSA) is 32.3 Å². The van der Waals surface area contributed by atoms with Gasteiger partial charge >= 0.3 is 0 Å². The largest absolute Gasteiger partial charge is 0.339 e. The molecule has 0 radical (unpaired) electrons. The molecule has 1 aliphatic rings. The molecular formula is C16H23ClF2N2O. The first-order valence-electron chi connectivity index (χ1n) is 7.40. The number of nitrogens with zero attached hydrogens (tertiary/aromatic N) is 1. The molecule has 124 valence electrons. The number of hydrogen-bond acceptors (Lipinski definition) is 2. The van der Waals surface area contributed by atoms with E-state index in [1.807, 2.05) is 6.92 Å². The summed E-state index contributed by atoms with van der Waals surface area (Å²) in [6.45, 7) is 3.74. The van der Waals surface area contributed by atoms with Gasteiger partial charge in [0.25, 0.3) is 0 Å². The number of piperidine rings is 1. The molecule has 2 rings (SSSR count). The highest BCUT2D eigenvalue weighted by molar-refractivity contribution is 5.85. The Morgan fingerprint density at radius 1 is 1.32 bits per heavy atom. The van der Waals surface area contributed by atoms with Crippen LogP contribution >= 0.6 is 12.4 Å². The fraction of sp³-hybridized carbons (Fsp3) is 0.562.